The van der Waals surface area contributed by atoms with Crippen LogP contribution in [0.5, 0.6) is 0 Å². The van der Waals surface area contributed by atoms with Gasteiger partial charge in [0.05, 0.1) is 12.2 Å². The van der Waals surface area contributed by atoms with Crippen molar-refractivity contribution in [2.24, 2.45) is 23.7 Å². The molecule has 2 nitrogen and oxygen atoms in total. The average molecular weight is 269 g/mol. The second-order valence-corrected chi connectivity index (χ2v) is 7.36. The quantitative estimate of drug-likeness (QED) is 0.751. The number of hydrogen-bond acceptors (Lipinski definition) is 2. The van der Waals surface area contributed by atoms with E-state index in [-0.39, 0.29) is 0 Å². The molecule has 0 saturated heterocycles. The summed E-state index contributed by atoms with van der Waals surface area (Å²) in [6.45, 7) is 15.9. The van der Waals surface area contributed by atoms with E-state index in [1.165, 1.54) is 19.3 Å². The first-order valence-electron chi connectivity index (χ1n) is 8.26. The van der Waals surface area contributed by atoms with Crippen LogP contribution in [0.3, 0.4) is 0 Å². The largest absolute Gasteiger partial charge is 0.373 e. The van der Waals surface area contributed by atoms with Crippen LogP contribution < -0.4 is 5.32 Å². The molecule has 1 aliphatic carbocycles. The van der Waals surface area contributed by atoms with Gasteiger partial charge < -0.3 is 10.1 Å². The minimum Gasteiger partial charge on any atom is -0.373 e. The second-order valence-electron chi connectivity index (χ2n) is 7.36. The van der Waals surface area contributed by atoms with Gasteiger partial charge in [-0.05, 0) is 49.5 Å². The zero-order valence-corrected chi connectivity index (χ0v) is 13.9. The lowest BCUT2D eigenvalue weighted by molar-refractivity contribution is -0.0642. The Bertz CT molecular complexity index is 239. The average Bonchev–Trinajstić information content (AvgIpc) is 2.32. The molecule has 2 heteroatoms. The summed E-state index contributed by atoms with van der Waals surface area (Å²) in [6, 6.07) is 0. The van der Waals surface area contributed by atoms with Gasteiger partial charge in [-0.3, -0.25) is 0 Å². The van der Waals surface area contributed by atoms with Crippen LogP contribution in [0.2, 0.25) is 0 Å². The number of nitrogens with one attached hydrogen (secondary N) is 1. The summed E-state index contributed by atoms with van der Waals surface area (Å²) in [5, 5.41) is 3.55. The summed E-state index contributed by atoms with van der Waals surface area (Å²) < 4.78 is 6.39. The topological polar surface area (TPSA) is 21.3 Å². The molecule has 4 unspecified atom stereocenters. The van der Waals surface area contributed by atoms with Gasteiger partial charge in [0, 0.05) is 6.54 Å². The Morgan fingerprint density at radius 3 is 2.21 bits per heavy atom. The molecule has 0 amide bonds. The third-order valence-corrected chi connectivity index (χ3v) is 4.56. The molecule has 0 spiro atoms. The third-order valence-electron chi connectivity index (χ3n) is 4.56. The Hall–Kier alpha value is -0.0800. The lowest BCUT2D eigenvalue weighted by atomic mass is 9.80. The highest BCUT2D eigenvalue weighted by molar-refractivity contribution is 4.78. The van der Waals surface area contributed by atoms with Gasteiger partial charge in [0.1, 0.15) is 0 Å². The molecule has 4 atom stereocenters. The van der Waals surface area contributed by atoms with Gasteiger partial charge in [0.2, 0.25) is 0 Å². The van der Waals surface area contributed by atoms with Crippen molar-refractivity contribution in [1.82, 2.24) is 5.32 Å². The maximum Gasteiger partial charge on any atom is 0.0726 e. The Kier molecular flexibility index (Phi) is 7.38. The normalized spacial score (nSPS) is 30.0. The molecular formula is C17H35NO. The molecule has 1 saturated carbocycles. The summed E-state index contributed by atoms with van der Waals surface area (Å²) in [5.41, 5.74) is 0. The van der Waals surface area contributed by atoms with Crippen molar-refractivity contribution in [3.63, 3.8) is 0 Å². The molecular weight excluding hydrogens is 234 g/mol. The van der Waals surface area contributed by atoms with E-state index in [9.17, 15) is 0 Å². The highest BCUT2D eigenvalue weighted by atomic mass is 16.5. The molecule has 0 heterocycles. The van der Waals surface area contributed by atoms with Crippen LogP contribution in [-0.4, -0.2) is 25.3 Å². The molecule has 1 N–H and O–H groups in total. The van der Waals surface area contributed by atoms with E-state index in [0.29, 0.717) is 24.0 Å². The lowest BCUT2D eigenvalue weighted by Gasteiger charge is -2.35. The lowest BCUT2D eigenvalue weighted by Crippen LogP contribution is -2.39. The minimum atomic E-state index is 0.365. The van der Waals surface area contributed by atoms with Crippen LogP contribution in [0, 0.1) is 23.7 Å². The summed E-state index contributed by atoms with van der Waals surface area (Å²) in [7, 11) is 0. The predicted octanol–water partition coefficient (Wildman–Crippen LogP) is 4.10. The highest BCUT2D eigenvalue weighted by Crippen LogP contribution is 2.32. The van der Waals surface area contributed by atoms with Crippen molar-refractivity contribution in [2.45, 2.75) is 73.0 Å². The molecule has 1 aliphatic rings. The maximum absolute atomic E-state index is 6.39. The van der Waals surface area contributed by atoms with Gasteiger partial charge >= 0.3 is 0 Å². The van der Waals surface area contributed by atoms with Gasteiger partial charge in [-0.2, -0.15) is 0 Å². The summed E-state index contributed by atoms with van der Waals surface area (Å²) in [6.07, 6.45) is 4.67. The maximum atomic E-state index is 6.39. The second kappa shape index (κ2) is 8.26. The zero-order valence-electron chi connectivity index (χ0n) is 13.9. The summed E-state index contributed by atoms with van der Waals surface area (Å²) in [4.78, 5) is 0. The first kappa shape index (κ1) is 17.0. The molecule has 19 heavy (non-hydrogen) atoms. The van der Waals surface area contributed by atoms with Crippen LogP contribution in [-0.2, 0) is 4.74 Å². The standard InChI is InChI=1S/C17H35NO/c1-12(2)10-18-11-17(13(3)4)19-16-8-7-14(5)15(6)9-16/h12-18H,7-11H2,1-6H3. The molecule has 0 aliphatic heterocycles. The van der Waals surface area contributed by atoms with E-state index >= 15 is 0 Å². The van der Waals surface area contributed by atoms with Crippen molar-refractivity contribution in [2.75, 3.05) is 13.1 Å². The monoisotopic (exact) mass is 269 g/mol. The molecule has 114 valence electrons. The van der Waals surface area contributed by atoms with Crippen molar-refractivity contribution in [3.8, 4) is 0 Å². The molecule has 0 bridgehead atoms. The summed E-state index contributed by atoms with van der Waals surface area (Å²) >= 11 is 0. The van der Waals surface area contributed by atoms with E-state index in [1.54, 1.807) is 0 Å². The van der Waals surface area contributed by atoms with Crippen molar-refractivity contribution in [1.29, 1.82) is 0 Å². The van der Waals surface area contributed by atoms with Gasteiger partial charge in [-0.1, -0.05) is 41.5 Å². The van der Waals surface area contributed by atoms with Gasteiger partial charge in [-0.25, -0.2) is 0 Å². The number of rotatable bonds is 7. The van der Waals surface area contributed by atoms with Gasteiger partial charge in [0.25, 0.3) is 0 Å². The number of hydrogen-bond donors (Lipinski definition) is 1. The van der Waals surface area contributed by atoms with E-state index in [0.717, 1.165) is 24.9 Å². The van der Waals surface area contributed by atoms with Crippen LogP contribution in [0.25, 0.3) is 0 Å². The number of ether oxygens (including phenoxy) is 1. The van der Waals surface area contributed by atoms with E-state index in [4.69, 9.17) is 4.74 Å². The molecule has 0 aromatic heterocycles. The van der Waals surface area contributed by atoms with E-state index in [2.05, 4.69) is 46.9 Å². The molecule has 0 aromatic rings. The predicted molar refractivity (Wildman–Crippen MR) is 83.4 cm³/mol. The first-order valence-corrected chi connectivity index (χ1v) is 8.26. The van der Waals surface area contributed by atoms with Crippen LogP contribution in [0.15, 0.2) is 0 Å². The van der Waals surface area contributed by atoms with Crippen LogP contribution in [0.4, 0.5) is 0 Å². The molecule has 1 rings (SSSR count). The molecule has 0 radical (unpaired) electrons. The van der Waals surface area contributed by atoms with E-state index in [1.807, 2.05) is 0 Å². The Morgan fingerprint density at radius 2 is 1.68 bits per heavy atom. The highest BCUT2D eigenvalue weighted by Gasteiger charge is 2.27. The zero-order chi connectivity index (χ0) is 14.4. The Balaban J connectivity index is 2.36. The smallest absolute Gasteiger partial charge is 0.0726 e. The van der Waals surface area contributed by atoms with Crippen molar-refractivity contribution >= 4 is 0 Å². The fraction of sp³-hybridized carbons (Fsp3) is 1.00. The molecule has 0 aromatic carbocycles. The Morgan fingerprint density at radius 1 is 1.00 bits per heavy atom. The van der Waals surface area contributed by atoms with Crippen LogP contribution in [0.1, 0.15) is 60.8 Å². The first-order chi connectivity index (χ1) is 8.90. The summed E-state index contributed by atoms with van der Waals surface area (Å²) in [5.74, 6) is 2.99. The van der Waals surface area contributed by atoms with Crippen molar-refractivity contribution in [3.05, 3.63) is 0 Å². The fourth-order valence-corrected chi connectivity index (χ4v) is 2.82. The molecule has 1 fully saturated rings. The Labute approximate surface area is 120 Å². The van der Waals surface area contributed by atoms with Gasteiger partial charge in [0.15, 0.2) is 0 Å². The third kappa shape index (κ3) is 6.27. The fourth-order valence-electron chi connectivity index (χ4n) is 2.82. The van der Waals surface area contributed by atoms with Crippen LogP contribution >= 0.6 is 0 Å². The van der Waals surface area contributed by atoms with E-state index < -0.39 is 0 Å². The SMILES string of the molecule is CC(C)CNCC(OC1CCC(C)C(C)C1)C(C)C. The van der Waals surface area contributed by atoms with Crippen molar-refractivity contribution < 1.29 is 4.74 Å². The minimum absolute atomic E-state index is 0.365. The van der Waals surface area contributed by atoms with Gasteiger partial charge in [-0.15, -0.1) is 0 Å².